The number of quaternary nitrogens is 1. The molecule has 2 aromatic rings. The Morgan fingerprint density at radius 2 is 2.26 bits per heavy atom. The number of benzene rings is 1. The zero-order chi connectivity index (χ0) is 12.8. The molecule has 2 unspecified atom stereocenters. The van der Waals surface area contributed by atoms with Crippen LogP contribution >= 0.6 is 0 Å². The van der Waals surface area contributed by atoms with E-state index in [1.54, 1.807) is 4.90 Å². The fourth-order valence-electron chi connectivity index (χ4n) is 3.67. The maximum atomic E-state index is 6.14. The van der Waals surface area contributed by atoms with Gasteiger partial charge >= 0.3 is 0 Å². The minimum absolute atomic E-state index is 0.212. The molecule has 0 radical (unpaired) electrons. The largest absolute Gasteiger partial charge is 0.364 e. The summed E-state index contributed by atoms with van der Waals surface area (Å²) in [5.74, 6) is 0. The minimum atomic E-state index is 0.212. The normalized spacial score (nSPS) is 30.7. The van der Waals surface area contributed by atoms with Gasteiger partial charge in [0, 0.05) is 18.2 Å². The van der Waals surface area contributed by atoms with Gasteiger partial charge < -0.3 is 9.64 Å². The van der Waals surface area contributed by atoms with E-state index in [1.165, 1.54) is 30.5 Å². The van der Waals surface area contributed by atoms with Gasteiger partial charge in [-0.05, 0) is 6.07 Å². The molecule has 0 amide bonds. The molecule has 0 bridgehead atoms. The smallest absolute Gasteiger partial charge is 0.151 e. The molecule has 1 fully saturated rings. The van der Waals surface area contributed by atoms with Crippen molar-refractivity contribution in [3.63, 3.8) is 0 Å². The van der Waals surface area contributed by atoms with E-state index < -0.39 is 0 Å². The first kappa shape index (κ1) is 11.4. The standard InChI is InChI=1S/C15H19N3O/c1-17-8-4-7-13(17)15-14-11-5-2-3-6-12(11)16-18(14)9-10-19-15/h2-3,5-6,13,15H,4,7-10H2,1H3/p+1/t13-,15?/m0/s1. The van der Waals surface area contributed by atoms with Crippen molar-refractivity contribution in [2.75, 3.05) is 20.2 Å². The highest BCUT2D eigenvalue weighted by atomic mass is 16.5. The third-order valence-electron chi connectivity index (χ3n) is 4.64. The number of nitrogens with zero attached hydrogens (tertiary/aromatic N) is 2. The quantitative estimate of drug-likeness (QED) is 0.820. The summed E-state index contributed by atoms with van der Waals surface area (Å²) < 4.78 is 8.31. The molecule has 1 aromatic carbocycles. The number of ether oxygens (including phenoxy) is 1. The second-order valence-corrected chi connectivity index (χ2v) is 5.76. The van der Waals surface area contributed by atoms with Crippen molar-refractivity contribution in [3.8, 4) is 0 Å². The van der Waals surface area contributed by atoms with Gasteiger partial charge in [-0.3, -0.25) is 4.68 Å². The molecule has 19 heavy (non-hydrogen) atoms. The van der Waals surface area contributed by atoms with Crippen LogP contribution in [0.5, 0.6) is 0 Å². The SMILES string of the molecule is C[NH+]1CCC[C@H]1C1OCCn2nc3ccccc3c21. The zero-order valence-electron chi connectivity index (χ0n) is 11.3. The molecular weight excluding hydrogens is 238 g/mol. The summed E-state index contributed by atoms with van der Waals surface area (Å²) in [6, 6.07) is 9.02. The molecule has 1 N–H and O–H groups in total. The molecule has 2 aliphatic rings. The molecule has 4 rings (SSSR count). The van der Waals surface area contributed by atoms with Crippen molar-refractivity contribution in [1.29, 1.82) is 0 Å². The van der Waals surface area contributed by atoms with E-state index in [0.717, 1.165) is 18.7 Å². The highest BCUT2D eigenvalue weighted by molar-refractivity contribution is 5.82. The van der Waals surface area contributed by atoms with E-state index in [-0.39, 0.29) is 6.10 Å². The summed E-state index contributed by atoms with van der Waals surface area (Å²) in [5, 5.41) is 6.00. The Balaban J connectivity index is 1.84. The lowest BCUT2D eigenvalue weighted by Crippen LogP contribution is -3.11. The maximum Gasteiger partial charge on any atom is 0.151 e. The summed E-state index contributed by atoms with van der Waals surface area (Å²) in [6.07, 6.45) is 2.78. The number of rotatable bonds is 1. The molecular formula is C15H20N3O+. The molecule has 100 valence electrons. The Morgan fingerprint density at radius 3 is 3.11 bits per heavy atom. The van der Waals surface area contributed by atoms with Crippen LogP contribution in [0, 0.1) is 0 Å². The molecule has 1 aromatic heterocycles. The third-order valence-corrected chi connectivity index (χ3v) is 4.64. The highest BCUT2D eigenvalue weighted by Gasteiger charge is 2.39. The summed E-state index contributed by atoms with van der Waals surface area (Å²) in [4.78, 5) is 1.60. The highest BCUT2D eigenvalue weighted by Crippen LogP contribution is 2.33. The van der Waals surface area contributed by atoms with E-state index in [1.807, 2.05) is 0 Å². The fraction of sp³-hybridized carbons (Fsp3) is 0.533. The van der Waals surface area contributed by atoms with Gasteiger partial charge in [-0.2, -0.15) is 5.10 Å². The first-order valence-electron chi connectivity index (χ1n) is 7.24. The van der Waals surface area contributed by atoms with Crippen LogP contribution < -0.4 is 4.90 Å². The van der Waals surface area contributed by atoms with Crippen LogP contribution in [0.3, 0.4) is 0 Å². The Bertz CT molecular complexity index is 606. The minimum Gasteiger partial charge on any atom is -0.364 e. The van der Waals surface area contributed by atoms with E-state index in [4.69, 9.17) is 9.84 Å². The average Bonchev–Trinajstić information content (AvgIpc) is 3.01. The summed E-state index contributed by atoms with van der Waals surface area (Å²) in [5.41, 5.74) is 2.40. The van der Waals surface area contributed by atoms with Crippen molar-refractivity contribution in [2.45, 2.75) is 31.5 Å². The predicted molar refractivity (Wildman–Crippen MR) is 73.2 cm³/mol. The molecule has 0 saturated carbocycles. The summed E-state index contributed by atoms with van der Waals surface area (Å²) in [6.45, 7) is 2.93. The van der Waals surface area contributed by atoms with Crippen molar-refractivity contribution < 1.29 is 9.64 Å². The van der Waals surface area contributed by atoms with Gasteiger partial charge in [0.25, 0.3) is 0 Å². The van der Waals surface area contributed by atoms with Gasteiger partial charge in [0.2, 0.25) is 0 Å². The van der Waals surface area contributed by atoms with Crippen LogP contribution in [0.2, 0.25) is 0 Å². The van der Waals surface area contributed by atoms with Gasteiger partial charge in [0.15, 0.2) is 6.10 Å². The second-order valence-electron chi connectivity index (χ2n) is 5.76. The van der Waals surface area contributed by atoms with Gasteiger partial charge in [-0.15, -0.1) is 0 Å². The number of hydrogen-bond acceptors (Lipinski definition) is 2. The third kappa shape index (κ3) is 1.70. The predicted octanol–water partition coefficient (Wildman–Crippen LogP) is 0.785. The first-order chi connectivity index (χ1) is 9.34. The zero-order valence-corrected chi connectivity index (χ0v) is 11.3. The number of aromatic nitrogens is 2. The molecule has 4 heteroatoms. The molecule has 1 saturated heterocycles. The fourth-order valence-corrected chi connectivity index (χ4v) is 3.67. The van der Waals surface area contributed by atoms with E-state index in [0.29, 0.717) is 6.04 Å². The number of fused-ring (bicyclic) bond motifs is 3. The van der Waals surface area contributed by atoms with E-state index >= 15 is 0 Å². The molecule has 3 heterocycles. The van der Waals surface area contributed by atoms with Crippen molar-refractivity contribution in [1.82, 2.24) is 9.78 Å². The lowest BCUT2D eigenvalue weighted by atomic mass is 10.0. The van der Waals surface area contributed by atoms with Crippen molar-refractivity contribution in [2.24, 2.45) is 0 Å². The monoisotopic (exact) mass is 258 g/mol. The van der Waals surface area contributed by atoms with Gasteiger partial charge in [-0.25, -0.2) is 0 Å². The Labute approximate surface area is 113 Å². The second kappa shape index (κ2) is 4.32. The van der Waals surface area contributed by atoms with Gasteiger partial charge in [-0.1, -0.05) is 18.2 Å². The van der Waals surface area contributed by atoms with Crippen LogP contribution in [-0.4, -0.2) is 36.0 Å². The number of likely N-dealkylation sites (tertiary alicyclic amines) is 1. The maximum absolute atomic E-state index is 6.14. The van der Waals surface area contributed by atoms with Crippen molar-refractivity contribution in [3.05, 3.63) is 30.0 Å². The average molecular weight is 258 g/mol. The lowest BCUT2D eigenvalue weighted by molar-refractivity contribution is -0.897. The van der Waals surface area contributed by atoms with Gasteiger partial charge in [0.1, 0.15) is 6.04 Å². The van der Waals surface area contributed by atoms with Gasteiger partial charge in [0.05, 0.1) is 38.0 Å². The lowest BCUT2D eigenvalue weighted by Gasteiger charge is -2.30. The van der Waals surface area contributed by atoms with Crippen molar-refractivity contribution >= 4 is 10.9 Å². The summed E-state index contributed by atoms with van der Waals surface area (Å²) >= 11 is 0. The summed E-state index contributed by atoms with van der Waals surface area (Å²) in [7, 11) is 2.29. The Kier molecular flexibility index (Phi) is 2.60. The van der Waals surface area contributed by atoms with Crippen LogP contribution in [0.1, 0.15) is 24.6 Å². The molecule has 0 aliphatic carbocycles. The number of hydrogen-bond donors (Lipinski definition) is 1. The van der Waals surface area contributed by atoms with E-state index in [2.05, 4.69) is 36.0 Å². The first-order valence-corrected chi connectivity index (χ1v) is 7.24. The van der Waals surface area contributed by atoms with Crippen LogP contribution in [-0.2, 0) is 11.3 Å². The van der Waals surface area contributed by atoms with Crippen LogP contribution in [0.25, 0.3) is 10.9 Å². The number of likely N-dealkylation sites (N-methyl/N-ethyl adjacent to an activating group) is 1. The molecule has 0 spiro atoms. The van der Waals surface area contributed by atoms with Crippen LogP contribution in [0.4, 0.5) is 0 Å². The molecule has 3 atom stereocenters. The Hall–Kier alpha value is -1.39. The molecule has 2 aliphatic heterocycles. The topological polar surface area (TPSA) is 31.5 Å². The number of nitrogens with one attached hydrogen (secondary N) is 1. The Morgan fingerprint density at radius 1 is 1.37 bits per heavy atom. The van der Waals surface area contributed by atoms with E-state index in [9.17, 15) is 0 Å². The molecule has 4 nitrogen and oxygen atoms in total. The van der Waals surface area contributed by atoms with Crippen LogP contribution in [0.15, 0.2) is 24.3 Å².